The monoisotopic (exact) mass is 314 g/mol. The van der Waals surface area contributed by atoms with Crippen LogP contribution in [0, 0.1) is 0 Å². The topological polar surface area (TPSA) is 52.7 Å². The van der Waals surface area contributed by atoms with Crippen molar-refractivity contribution in [1.82, 2.24) is 19.3 Å². The number of nitrogens with zero attached hydrogens (tertiary/aromatic N) is 4. The molecule has 0 saturated carbocycles. The summed E-state index contributed by atoms with van der Waals surface area (Å²) in [6.07, 6.45) is 2.39. The first-order valence-electron chi connectivity index (χ1n) is 7.39. The summed E-state index contributed by atoms with van der Waals surface area (Å²) in [6.45, 7) is 5.30. The van der Waals surface area contributed by atoms with Crippen molar-refractivity contribution >= 4 is 11.3 Å². The molecule has 0 saturated heterocycles. The summed E-state index contributed by atoms with van der Waals surface area (Å²) >= 11 is 1.32. The van der Waals surface area contributed by atoms with Crippen LogP contribution in [0.5, 0.6) is 0 Å². The molecule has 3 rings (SSSR count). The van der Waals surface area contributed by atoms with Crippen LogP contribution in [0.2, 0.25) is 0 Å². The maximum absolute atomic E-state index is 12.4. The van der Waals surface area contributed by atoms with E-state index in [2.05, 4.69) is 17.0 Å². The molecular formula is C16H18N4OS. The number of thiazole rings is 1. The van der Waals surface area contributed by atoms with Crippen molar-refractivity contribution in [3.05, 3.63) is 57.0 Å². The Kier molecular flexibility index (Phi) is 4.20. The first-order chi connectivity index (χ1) is 10.7. The van der Waals surface area contributed by atoms with Gasteiger partial charge in [-0.2, -0.15) is 5.10 Å². The lowest BCUT2D eigenvalue weighted by Crippen LogP contribution is -2.18. The Morgan fingerprint density at radius 1 is 1.18 bits per heavy atom. The van der Waals surface area contributed by atoms with Crippen LogP contribution < -0.4 is 4.87 Å². The predicted molar refractivity (Wildman–Crippen MR) is 88.2 cm³/mol. The number of benzene rings is 1. The van der Waals surface area contributed by atoms with Crippen LogP contribution in [-0.2, 0) is 19.5 Å². The molecule has 0 amide bonds. The van der Waals surface area contributed by atoms with Crippen LogP contribution in [0.3, 0.4) is 0 Å². The average molecular weight is 314 g/mol. The van der Waals surface area contributed by atoms with Crippen molar-refractivity contribution in [2.24, 2.45) is 0 Å². The normalized spacial score (nSPS) is 11.0. The zero-order valence-electron chi connectivity index (χ0n) is 12.7. The Bertz CT molecular complexity index is 816. The second kappa shape index (κ2) is 6.27. The van der Waals surface area contributed by atoms with E-state index < -0.39 is 0 Å². The van der Waals surface area contributed by atoms with Crippen LogP contribution in [0.25, 0.3) is 11.3 Å². The maximum Gasteiger partial charge on any atom is 0.308 e. The quantitative estimate of drug-likeness (QED) is 0.727. The molecule has 0 bridgehead atoms. The molecule has 2 aromatic heterocycles. The molecule has 2 heterocycles. The van der Waals surface area contributed by atoms with Gasteiger partial charge in [-0.1, -0.05) is 48.6 Å². The lowest BCUT2D eigenvalue weighted by Gasteiger charge is -2.10. The highest BCUT2D eigenvalue weighted by Gasteiger charge is 2.17. The summed E-state index contributed by atoms with van der Waals surface area (Å²) in [7, 11) is 0. The van der Waals surface area contributed by atoms with Gasteiger partial charge in [0.1, 0.15) is 12.2 Å². The fourth-order valence-corrected chi connectivity index (χ4v) is 3.51. The molecule has 5 nitrogen and oxygen atoms in total. The molecule has 22 heavy (non-hydrogen) atoms. The second-order valence-electron chi connectivity index (χ2n) is 4.94. The van der Waals surface area contributed by atoms with Crippen molar-refractivity contribution in [2.75, 3.05) is 0 Å². The predicted octanol–water partition coefficient (Wildman–Crippen LogP) is 2.80. The highest BCUT2D eigenvalue weighted by Crippen LogP contribution is 2.26. The molecule has 6 heteroatoms. The Morgan fingerprint density at radius 2 is 1.95 bits per heavy atom. The summed E-state index contributed by atoms with van der Waals surface area (Å²) in [5, 5.41) is 4.18. The van der Waals surface area contributed by atoms with E-state index in [1.165, 1.54) is 11.3 Å². The Labute approximate surface area is 132 Å². The van der Waals surface area contributed by atoms with E-state index in [-0.39, 0.29) is 4.87 Å². The van der Waals surface area contributed by atoms with E-state index in [9.17, 15) is 4.79 Å². The standard InChI is InChI=1S/C16H18N4OS/c1-3-13-15(12-8-6-5-7-9-12)19(16(21)22-13)10-14-17-11-18-20(14)4-2/h5-9,11H,3-4,10H2,1-2H3. The van der Waals surface area contributed by atoms with E-state index in [1.807, 2.05) is 46.5 Å². The van der Waals surface area contributed by atoms with Gasteiger partial charge in [0, 0.05) is 11.4 Å². The fourth-order valence-electron chi connectivity index (χ4n) is 2.56. The molecule has 3 aromatic rings. The third kappa shape index (κ3) is 2.62. The average Bonchev–Trinajstić information content (AvgIpc) is 3.13. The molecule has 0 spiro atoms. The van der Waals surface area contributed by atoms with E-state index in [4.69, 9.17) is 0 Å². The number of hydrogen-bond donors (Lipinski definition) is 0. The zero-order chi connectivity index (χ0) is 15.5. The first kappa shape index (κ1) is 14.7. The third-order valence-corrected chi connectivity index (χ3v) is 4.75. The molecule has 114 valence electrons. The lowest BCUT2D eigenvalue weighted by molar-refractivity contribution is 0.591. The Hall–Kier alpha value is -2.21. The van der Waals surface area contributed by atoms with Crippen molar-refractivity contribution in [2.45, 2.75) is 33.4 Å². The summed E-state index contributed by atoms with van der Waals surface area (Å²) in [4.78, 5) is 17.9. The van der Waals surface area contributed by atoms with E-state index in [0.717, 1.165) is 34.9 Å². The Morgan fingerprint density at radius 3 is 2.64 bits per heavy atom. The minimum Gasteiger partial charge on any atom is -0.291 e. The summed E-state index contributed by atoms with van der Waals surface area (Å²) < 4.78 is 3.64. The third-order valence-electron chi connectivity index (χ3n) is 3.63. The summed E-state index contributed by atoms with van der Waals surface area (Å²) in [6, 6.07) is 10.1. The molecule has 0 N–H and O–H groups in total. The van der Waals surface area contributed by atoms with Crippen molar-refractivity contribution in [3.8, 4) is 11.3 Å². The molecule has 0 atom stereocenters. The van der Waals surface area contributed by atoms with Gasteiger partial charge in [-0.05, 0) is 18.9 Å². The molecular weight excluding hydrogens is 296 g/mol. The molecule has 0 aliphatic heterocycles. The van der Waals surface area contributed by atoms with Crippen LogP contribution in [0.15, 0.2) is 41.5 Å². The highest BCUT2D eigenvalue weighted by molar-refractivity contribution is 7.09. The SMILES string of the molecule is CCc1sc(=O)n(Cc2ncnn2CC)c1-c1ccccc1. The van der Waals surface area contributed by atoms with Crippen LogP contribution in [-0.4, -0.2) is 19.3 Å². The van der Waals surface area contributed by atoms with Gasteiger partial charge in [0.25, 0.3) is 0 Å². The van der Waals surface area contributed by atoms with Crippen molar-refractivity contribution in [1.29, 1.82) is 0 Å². The molecule has 0 aliphatic rings. The lowest BCUT2D eigenvalue weighted by atomic mass is 10.1. The molecule has 0 unspecified atom stereocenters. The maximum atomic E-state index is 12.4. The minimum atomic E-state index is 0.0568. The smallest absolute Gasteiger partial charge is 0.291 e. The van der Waals surface area contributed by atoms with Gasteiger partial charge < -0.3 is 0 Å². The zero-order valence-corrected chi connectivity index (χ0v) is 13.5. The van der Waals surface area contributed by atoms with E-state index in [1.54, 1.807) is 6.33 Å². The number of aromatic nitrogens is 4. The molecule has 0 aliphatic carbocycles. The van der Waals surface area contributed by atoms with Gasteiger partial charge in [0.15, 0.2) is 0 Å². The van der Waals surface area contributed by atoms with Gasteiger partial charge in [-0.15, -0.1) is 0 Å². The van der Waals surface area contributed by atoms with Gasteiger partial charge in [-0.25, -0.2) is 9.67 Å². The summed E-state index contributed by atoms with van der Waals surface area (Å²) in [5.41, 5.74) is 2.07. The van der Waals surface area contributed by atoms with Crippen molar-refractivity contribution < 1.29 is 0 Å². The highest BCUT2D eigenvalue weighted by atomic mass is 32.1. The number of aryl methyl sites for hydroxylation is 2. The van der Waals surface area contributed by atoms with Gasteiger partial charge in [-0.3, -0.25) is 9.36 Å². The molecule has 1 aromatic carbocycles. The van der Waals surface area contributed by atoms with Crippen LogP contribution >= 0.6 is 11.3 Å². The van der Waals surface area contributed by atoms with Gasteiger partial charge in [0.2, 0.25) is 0 Å². The minimum absolute atomic E-state index is 0.0568. The van der Waals surface area contributed by atoms with Crippen LogP contribution in [0.1, 0.15) is 24.5 Å². The second-order valence-corrected chi connectivity index (χ2v) is 5.98. The first-order valence-corrected chi connectivity index (χ1v) is 8.20. The van der Waals surface area contributed by atoms with Crippen molar-refractivity contribution in [3.63, 3.8) is 0 Å². The Balaban J connectivity index is 2.11. The van der Waals surface area contributed by atoms with E-state index >= 15 is 0 Å². The summed E-state index contributed by atoms with van der Waals surface area (Å²) in [5.74, 6) is 0.808. The van der Waals surface area contributed by atoms with Gasteiger partial charge in [0.05, 0.1) is 12.2 Å². The fraction of sp³-hybridized carbons (Fsp3) is 0.312. The van der Waals surface area contributed by atoms with Gasteiger partial charge >= 0.3 is 4.87 Å². The van der Waals surface area contributed by atoms with E-state index in [0.29, 0.717) is 6.54 Å². The number of hydrogen-bond acceptors (Lipinski definition) is 4. The number of rotatable bonds is 5. The molecule has 0 radical (unpaired) electrons. The van der Waals surface area contributed by atoms with Crippen LogP contribution in [0.4, 0.5) is 0 Å². The molecule has 0 fully saturated rings. The largest absolute Gasteiger partial charge is 0.308 e.